The summed E-state index contributed by atoms with van der Waals surface area (Å²) in [7, 11) is -9.80. The summed E-state index contributed by atoms with van der Waals surface area (Å²) in [6, 6.07) is 19.7. The van der Waals surface area contributed by atoms with Crippen molar-refractivity contribution in [3.05, 3.63) is 145 Å². The molecule has 8 aromatic rings. The van der Waals surface area contributed by atoms with Crippen LogP contribution in [0.5, 0.6) is 46.3 Å². The number of ether oxygens (including phenoxy) is 6. The van der Waals surface area contributed by atoms with E-state index in [0.29, 0.717) is 36.4 Å². The van der Waals surface area contributed by atoms with Crippen LogP contribution in [0.4, 0.5) is 29.2 Å². The van der Waals surface area contributed by atoms with Crippen LogP contribution < -0.4 is 37.9 Å². The van der Waals surface area contributed by atoms with Crippen LogP contribution in [0, 0.1) is 0 Å². The highest BCUT2D eigenvalue weighted by Crippen LogP contribution is 2.44. The number of rotatable bonds is 26. The number of aliphatic hydroxyl groups is 4. The molecule has 24 nitrogen and oxygen atoms in total. The zero-order chi connectivity index (χ0) is 77.9. The molecule has 0 unspecified atom stereocenters. The number of anilines is 2. The normalized spacial score (nSPS) is 16.3. The van der Waals surface area contributed by atoms with E-state index in [1.165, 1.54) is 79.4 Å². The molecule has 0 radical (unpaired) electrons. The molecule has 0 saturated heterocycles. The molecule has 0 aliphatic carbocycles. The maximum atomic E-state index is 13.8. The van der Waals surface area contributed by atoms with Crippen LogP contribution in [0.3, 0.4) is 0 Å². The van der Waals surface area contributed by atoms with Gasteiger partial charge in [-0.1, -0.05) is 75.9 Å². The van der Waals surface area contributed by atoms with Gasteiger partial charge in [0.1, 0.15) is 0 Å². The Balaban J connectivity index is 0.000000291. The summed E-state index contributed by atoms with van der Waals surface area (Å²) in [5.74, 6) is -6.92. The highest BCUT2D eigenvalue weighted by atomic mass is 32.2. The predicted molar refractivity (Wildman–Crippen MR) is 302 cm³/mol. The van der Waals surface area contributed by atoms with Crippen molar-refractivity contribution in [2.24, 2.45) is 0 Å². The molecular weight excluding hydrogens is 1180 g/mol. The third kappa shape index (κ3) is 17.1. The lowest BCUT2D eigenvalue weighted by Crippen LogP contribution is -2.25. The summed E-state index contributed by atoms with van der Waals surface area (Å²) < 4.78 is 287. The molecule has 0 bridgehead atoms. The Hall–Kier alpha value is -8.94. The molecule has 0 amide bonds. The van der Waals surface area contributed by atoms with Crippen molar-refractivity contribution >= 4 is 31.7 Å². The van der Waals surface area contributed by atoms with Crippen LogP contribution in [-0.2, 0) is 30.9 Å². The van der Waals surface area contributed by atoms with Crippen molar-refractivity contribution in [3.8, 4) is 69.6 Å². The minimum Gasteiger partial charge on any atom is -0.490 e. The lowest BCUT2D eigenvalue weighted by molar-refractivity contribution is -0.217. The maximum absolute atomic E-state index is 13.8. The first kappa shape index (κ1) is 43.6. The van der Waals surface area contributed by atoms with Crippen LogP contribution in [0.15, 0.2) is 144 Å². The number of hydrogen-bond acceptors (Lipinski definition) is 22. The monoisotopic (exact) mass is 1250 g/mol. The van der Waals surface area contributed by atoms with Crippen molar-refractivity contribution in [3.63, 3.8) is 0 Å². The summed E-state index contributed by atoms with van der Waals surface area (Å²) in [4.78, 5) is 30.6. The van der Waals surface area contributed by atoms with E-state index in [1.807, 2.05) is 4.72 Å². The van der Waals surface area contributed by atoms with Gasteiger partial charge in [0.05, 0.1) is 44.3 Å². The molecule has 86 heavy (non-hydrogen) atoms. The molecule has 0 fully saturated rings. The van der Waals surface area contributed by atoms with Gasteiger partial charge in [-0.3, -0.25) is 9.44 Å². The van der Waals surface area contributed by atoms with E-state index in [-0.39, 0.29) is 41.3 Å². The summed E-state index contributed by atoms with van der Waals surface area (Å²) in [6.07, 6.45) is -3.81. The molecule has 0 spiro atoms. The maximum Gasteiger partial charge on any atom is 0.387 e. The van der Waals surface area contributed by atoms with Gasteiger partial charge >= 0.3 is 12.2 Å². The third-order valence-corrected chi connectivity index (χ3v) is 13.3. The molecule has 6 N–H and O–H groups in total. The summed E-state index contributed by atoms with van der Waals surface area (Å²) in [5.41, 5.74) is -8.66. The Kier molecular flexibility index (Phi) is 13.9. The highest BCUT2D eigenvalue weighted by Gasteiger charge is 2.33. The highest BCUT2D eigenvalue weighted by molar-refractivity contribution is 7.93. The first-order chi connectivity index (χ1) is 47.7. The largest absolute Gasteiger partial charge is 0.490 e. The minimum absolute atomic E-state index is 0.0824. The van der Waals surface area contributed by atoms with Crippen molar-refractivity contribution in [1.82, 2.24) is 39.9 Å². The molecule has 4 aromatic carbocycles. The second-order valence-electron chi connectivity index (χ2n) is 16.9. The number of hydrogen-bond donors (Lipinski definition) is 6. The van der Waals surface area contributed by atoms with Crippen LogP contribution >= 0.6 is 0 Å². The number of nitrogens with one attached hydrogen (secondary N) is 2. The molecule has 0 atom stereocenters. The molecule has 0 aliphatic rings. The lowest BCUT2D eigenvalue weighted by Gasteiger charge is -2.22. The Morgan fingerprint density at radius 3 is 1.19 bits per heavy atom. The smallest absolute Gasteiger partial charge is 0.387 e. The van der Waals surface area contributed by atoms with E-state index in [9.17, 15) is 44.6 Å². The molecule has 0 saturated carbocycles. The van der Waals surface area contributed by atoms with Gasteiger partial charge in [0.15, 0.2) is 59.5 Å². The van der Waals surface area contributed by atoms with E-state index < -0.39 is 171 Å². The second-order valence-corrected chi connectivity index (χ2v) is 20.3. The van der Waals surface area contributed by atoms with E-state index in [4.69, 9.17) is 63.3 Å². The van der Waals surface area contributed by atoms with E-state index in [1.54, 1.807) is 13.0 Å². The van der Waals surface area contributed by atoms with Gasteiger partial charge in [0.2, 0.25) is 23.1 Å². The van der Waals surface area contributed by atoms with Crippen molar-refractivity contribution in [2.45, 2.75) is 74.1 Å². The van der Waals surface area contributed by atoms with Crippen LogP contribution in [-0.4, -0.2) is 129 Å². The molecule has 4 aromatic heterocycles. The van der Waals surface area contributed by atoms with Crippen molar-refractivity contribution in [1.29, 1.82) is 0 Å². The van der Waals surface area contributed by atoms with Gasteiger partial charge in [-0.2, -0.15) is 27.5 Å². The number of alkyl halides is 4. The summed E-state index contributed by atoms with van der Waals surface area (Å²) in [5, 5.41) is 38.8. The fourth-order valence-electron chi connectivity index (χ4n) is 6.74. The number of aromatic nitrogens is 8. The average Bonchev–Trinajstić information content (AvgIpc) is 0.714. The Labute approximate surface area is 516 Å². The van der Waals surface area contributed by atoms with Gasteiger partial charge in [-0.05, 0) is 85.6 Å². The van der Waals surface area contributed by atoms with E-state index in [2.05, 4.69) is 44.6 Å². The number of sulfonamides is 2. The quantitative estimate of drug-likeness (QED) is 0.0277. The molecule has 4 heterocycles. The third-order valence-electron chi connectivity index (χ3n) is 10.6. The molecular formula is C56H58F4N10O14S2. The molecule has 8 rings (SSSR count). The minimum atomic E-state index is -4.94. The number of nitrogens with zero attached hydrogens (tertiary/aromatic N) is 8. The zero-order valence-electron chi connectivity index (χ0n) is 62.1. The van der Waals surface area contributed by atoms with Crippen LogP contribution in [0.25, 0.3) is 23.3 Å². The second kappa shape index (κ2) is 27.4. The SMILES string of the molecule is [2H]C([2H])(C)Oc1ccccc1Oc1c(NS(=O)(=O)c2ccc(C(C([2H])([2H])[2H])(C([2H])([2H])[2H])C([2H])([2H])O)cc2)nc(-c2ncccn2)nc1OCC(O)(F)F.[2H]C([2H])([2H])C(c1ccc(S(=O)(=O)Nc2nc(-c3ncccn3)nc(OCC(O)(F)F)c2Oc2ccccc2OCC)cc1)(C([2H])([2H])[2H])C([2H])([2H])O. The number of benzene rings is 4. The van der Waals surface area contributed by atoms with Gasteiger partial charge < -0.3 is 48.8 Å². The topological polar surface area (TPSA) is 332 Å². The van der Waals surface area contributed by atoms with Crippen molar-refractivity contribution in [2.75, 3.05) is 48.9 Å². The lowest BCUT2D eigenvalue weighted by atomic mass is 9.86. The summed E-state index contributed by atoms with van der Waals surface area (Å²) >= 11 is 0. The Morgan fingerprint density at radius 1 is 0.500 bits per heavy atom. The van der Waals surface area contributed by atoms with Crippen LogP contribution in [0.2, 0.25) is 0 Å². The van der Waals surface area contributed by atoms with Gasteiger partial charge in [0, 0.05) is 52.1 Å². The first-order valence-corrected chi connectivity index (χ1v) is 27.1. The van der Waals surface area contributed by atoms with Gasteiger partial charge in [-0.25, -0.2) is 46.7 Å². The Morgan fingerprint density at radius 2 is 0.860 bits per heavy atom. The predicted octanol–water partition coefficient (Wildman–Crippen LogP) is 8.32. The first-order valence-electron chi connectivity index (χ1n) is 33.1. The van der Waals surface area contributed by atoms with Crippen LogP contribution in [0.1, 0.15) is 77.1 Å². The zero-order valence-corrected chi connectivity index (χ0v) is 45.7. The van der Waals surface area contributed by atoms with Crippen molar-refractivity contribution < 1.29 is 108 Å². The van der Waals surface area contributed by atoms with Gasteiger partial charge in [-0.15, -0.1) is 0 Å². The van der Waals surface area contributed by atoms with Gasteiger partial charge in [0.25, 0.3) is 31.8 Å². The number of para-hydroxylation sites is 4. The fraction of sp³-hybridized carbons (Fsp3) is 0.286. The molecule has 30 heteroatoms. The number of halogens is 4. The summed E-state index contributed by atoms with van der Waals surface area (Å²) in [6.45, 7) is -25.3. The Bertz CT molecular complexity index is 4480. The standard InChI is InChI=1S/2C28H29F2N5O7S/c2*1-4-40-20-8-5-6-9-21(20)42-22-23(35-43(38,39)19-12-10-18(11-13-19)27(2,3)16-36)33-25(24-31-14-7-15-32-24)34-26(22)41-17-28(29,30)37/h2*5-15,36-37H,4,16-17H2,1-3H3,(H,33,34,35)/i2D3,3D3,4D2,16D2;2D3,3D3,16D2. The molecule has 0 aliphatic heterocycles. The van der Waals surface area contributed by atoms with E-state index in [0.717, 1.165) is 19.1 Å². The molecule has 456 valence electrons. The van der Waals surface area contributed by atoms with E-state index >= 15 is 0 Å². The average molecular weight is 1250 g/mol. The fourth-order valence-corrected chi connectivity index (χ4v) is 8.76.